The quantitative estimate of drug-likeness (QED) is 0.103. The number of anilines is 1. The van der Waals surface area contributed by atoms with Crippen LogP contribution < -0.4 is 10.5 Å². The average molecular weight is 683 g/mol. The summed E-state index contributed by atoms with van der Waals surface area (Å²) < 4.78 is 66.4. The van der Waals surface area contributed by atoms with E-state index in [1.54, 1.807) is 0 Å². The maximum Gasteiger partial charge on any atom is 0.294 e. The summed E-state index contributed by atoms with van der Waals surface area (Å²) in [6.07, 6.45) is 3.57. The Balaban J connectivity index is 1.93. The molecule has 0 radical (unpaired) electrons. The number of hydrogen-bond donors (Lipinski definition) is 3. The van der Waals surface area contributed by atoms with Crippen LogP contribution in [0.3, 0.4) is 0 Å². The summed E-state index contributed by atoms with van der Waals surface area (Å²) >= 11 is 0. The molecule has 2 amide bonds. The van der Waals surface area contributed by atoms with E-state index in [4.69, 9.17) is 0 Å². The lowest BCUT2D eigenvalue weighted by molar-refractivity contribution is -0.124. The Kier molecular flexibility index (Phi) is 9.18. The van der Waals surface area contributed by atoms with Gasteiger partial charge in [0.1, 0.15) is 0 Å². The number of imide groups is 1. The van der Waals surface area contributed by atoms with Crippen molar-refractivity contribution >= 4 is 55.4 Å². The Hall–Kier alpha value is -5.29. The number of allylic oxidation sites excluding steroid dienone is 2. The molecular weight excluding hydrogens is 656 g/mol. The second-order valence-corrected chi connectivity index (χ2v) is 13.2. The van der Waals surface area contributed by atoms with E-state index in [0.717, 1.165) is 38.1 Å². The van der Waals surface area contributed by atoms with Gasteiger partial charge in [-0.3, -0.25) is 33.1 Å². The van der Waals surface area contributed by atoms with E-state index in [1.165, 1.54) is 56.3 Å². The van der Waals surface area contributed by atoms with Crippen molar-refractivity contribution < 1.29 is 50.2 Å². The summed E-state index contributed by atoms with van der Waals surface area (Å²) in [6, 6.07) is 8.72. The fourth-order valence-electron chi connectivity index (χ4n) is 5.08. The third-order valence-electron chi connectivity index (χ3n) is 7.25. The fraction of sp³-hybridized carbons (Fsp3) is 0.129. The topological polar surface area (TPSA) is 222 Å². The molecule has 0 bridgehead atoms. The molecule has 0 saturated heterocycles. The SMILES string of the molecule is CC(=O)C1=C(C)C(=CC=Cc2c(C)c(C(C)=O)c(O)n(-c3cccc(S(=O)(=O)O)c3)c2=O)C(=O)N(c2cccc(S(=O)(=O)O)c2)C1=O. The van der Waals surface area contributed by atoms with Crippen molar-refractivity contribution in [2.24, 2.45) is 0 Å². The number of aromatic hydroxyl groups is 1. The van der Waals surface area contributed by atoms with Gasteiger partial charge in [0.05, 0.1) is 32.3 Å². The van der Waals surface area contributed by atoms with Crippen molar-refractivity contribution in [3.05, 3.63) is 104 Å². The van der Waals surface area contributed by atoms with Gasteiger partial charge in [-0.2, -0.15) is 16.8 Å². The van der Waals surface area contributed by atoms with Gasteiger partial charge in [-0.05, 0) is 87.4 Å². The van der Waals surface area contributed by atoms with Gasteiger partial charge in [0, 0.05) is 11.1 Å². The van der Waals surface area contributed by atoms with Gasteiger partial charge < -0.3 is 5.11 Å². The molecule has 3 N–H and O–H groups in total. The Morgan fingerprint density at radius 1 is 0.787 bits per heavy atom. The average Bonchev–Trinajstić information content (AvgIpc) is 2.95. The normalized spacial score (nSPS) is 15.2. The number of Topliss-reactive ketones (excluding diaryl/α,β-unsaturated/α-hetero) is 2. The molecule has 1 aromatic heterocycles. The third-order valence-corrected chi connectivity index (χ3v) is 8.95. The number of hydrogen-bond acceptors (Lipinski definition) is 10. The first kappa shape index (κ1) is 34.6. The number of pyridine rings is 1. The van der Waals surface area contributed by atoms with Gasteiger partial charge in [0.15, 0.2) is 11.6 Å². The Bertz CT molecular complexity index is 2290. The Morgan fingerprint density at radius 3 is 1.83 bits per heavy atom. The van der Waals surface area contributed by atoms with Gasteiger partial charge in [0.2, 0.25) is 5.88 Å². The zero-order chi connectivity index (χ0) is 35.2. The monoisotopic (exact) mass is 682 g/mol. The lowest BCUT2D eigenvalue weighted by Crippen LogP contribution is -2.44. The number of ketones is 2. The van der Waals surface area contributed by atoms with Gasteiger partial charge in [-0.15, -0.1) is 0 Å². The maximum absolute atomic E-state index is 13.7. The second-order valence-electron chi connectivity index (χ2n) is 10.3. The standard InChI is InChI=1S/C31H26N2O12S2/c1-16-24(28(36)32(30(38)26(16)18(3)34)20-8-5-10-22(14-20)46(40,41)42)12-7-13-25-17(2)27(19(4)35)31(39)33(29(25)37)21-9-6-11-23(15-21)47(43,44)45/h5-15,38H,1-4H3,(H,40,41,42)(H,43,44,45). The van der Waals surface area contributed by atoms with Crippen LogP contribution in [-0.2, 0) is 34.6 Å². The van der Waals surface area contributed by atoms with E-state index < -0.39 is 64.8 Å². The third kappa shape index (κ3) is 6.52. The first-order valence-corrected chi connectivity index (χ1v) is 16.3. The number of carbonyl (C=O) groups excluding carboxylic acids is 4. The van der Waals surface area contributed by atoms with Crippen LogP contribution >= 0.6 is 0 Å². The number of benzene rings is 2. The van der Waals surface area contributed by atoms with Crippen LogP contribution in [0.25, 0.3) is 11.8 Å². The number of rotatable bonds is 8. The zero-order valence-corrected chi connectivity index (χ0v) is 26.7. The van der Waals surface area contributed by atoms with E-state index in [-0.39, 0.29) is 44.8 Å². The predicted molar refractivity (Wildman–Crippen MR) is 168 cm³/mol. The van der Waals surface area contributed by atoms with E-state index in [2.05, 4.69) is 0 Å². The van der Waals surface area contributed by atoms with Crippen molar-refractivity contribution in [3.63, 3.8) is 0 Å². The summed E-state index contributed by atoms with van der Waals surface area (Å²) in [5, 5.41) is 10.9. The summed E-state index contributed by atoms with van der Waals surface area (Å²) in [4.78, 5) is 65.0. The summed E-state index contributed by atoms with van der Waals surface area (Å²) in [5.74, 6) is -4.16. The zero-order valence-electron chi connectivity index (χ0n) is 25.1. The first-order valence-electron chi connectivity index (χ1n) is 13.4. The van der Waals surface area contributed by atoms with Crippen LogP contribution in [0, 0.1) is 6.92 Å². The highest BCUT2D eigenvalue weighted by Crippen LogP contribution is 2.32. The highest BCUT2D eigenvalue weighted by Gasteiger charge is 2.38. The molecule has 14 nitrogen and oxygen atoms in total. The summed E-state index contributed by atoms with van der Waals surface area (Å²) in [7, 11) is -9.43. The van der Waals surface area contributed by atoms with E-state index in [0.29, 0.717) is 9.47 Å². The number of nitrogens with zero attached hydrogens (tertiary/aromatic N) is 2. The van der Waals surface area contributed by atoms with Gasteiger partial charge in [-0.1, -0.05) is 18.2 Å². The molecule has 1 aliphatic heterocycles. The smallest absolute Gasteiger partial charge is 0.294 e. The molecule has 0 atom stereocenters. The lowest BCUT2D eigenvalue weighted by atomic mass is 9.91. The molecule has 4 rings (SSSR count). The number of carbonyl (C=O) groups is 4. The molecule has 2 heterocycles. The molecule has 0 spiro atoms. The molecule has 47 heavy (non-hydrogen) atoms. The van der Waals surface area contributed by atoms with E-state index in [9.17, 15) is 55.0 Å². The molecule has 1 aliphatic rings. The van der Waals surface area contributed by atoms with Crippen molar-refractivity contribution in [2.75, 3.05) is 4.90 Å². The van der Waals surface area contributed by atoms with Crippen LogP contribution in [0.4, 0.5) is 5.69 Å². The molecule has 0 unspecified atom stereocenters. The molecule has 2 aromatic carbocycles. The summed E-state index contributed by atoms with van der Waals surface area (Å²) in [6.45, 7) is 4.93. The molecule has 244 valence electrons. The molecule has 0 fully saturated rings. The summed E-state index contributed by atoms with van der Waals surface area (Å²) in [5.41, 5.74) is -2.42. The molecule has 0 saturated carbocycles. The van der Waals surface area contributed by atoms with Crippen LogP contribution in [0.5, 0.6) is 5.88 Å². The Morgan fingerprint density at radius 2 is 1.32 bits per heavy atom. The largest absolute Gasteiger partial charge is 0.494 e. The van der Waals surface area contributed by atoms with E-state index >= 15 is 0 Å². The van der Waals surface area contributed by atoms with Crippen LogP contribution in [0.15, 0.2) is 92.0 Å². The van der Waals surface area contributed by atoms with Crippen molar-refractivity contribution in [2.45, 2.75) is 37.5 Å². The maximum atomic E-state index is 13.7. The molecular formula is C31H26N2O12S2. The van der Waals surface area contributed by atoms with Gasteiger partial charge in [-0.25, -0.2) is 9.47 Å². The van der Waals surface area contributed by atoms with Crippen LogP contribution in [0.1, 0.15) is 42.3 Å². The van der Waals surface area contributed by atoms with Crippen molar-refractivity contribution in [1.82, 2.24) is 4.57 Å². The molecule has 0 aliphatic carbocycles. The first-order chi connectivity index (χ1) is 21.8. The number of amides is 2. The Labute approximate surface area is 268 Å². The number of aromatic nitrogens is 1. The fourth-order valence-corrected chi connectivity index (χ4v) is 6.12. The second kappa shape index (κ2) is 12.5. The molecule has 16 heteroatoms. The van der Waals surface area contributed by atoms with E-state index in [1.807, 2.05) is 0 Å². The van der Waals surface area contributed by atoms with Gasteiger partial charge >= 0.3 is 0 Å². The van der Waals surface area contributed by atoms with Crippen LogP contribution in [-0.4, -0.2) is 59.0 Å². The highest BCUT2D eigenvalue weighted by molar-refractivity contribution is 7.86. The molecule has 3 aromatic rings. The lowest BCUT2D eigenvalue weighted by Gasteiger charge is -2.29. The van der Waals surface area contributed by atoms with Crippen molar-refractivity contribution in [1.29, 1.82) is 0 Å². The minimum atomic E-state index is -4.72. The predicted octanol–water partition coefficient (Wildman–Crippen LogP) is 2.97. The van der Waals surface area contributed by atoms with Gasteiger partial charge in [0.25, 0.3) is 37.6 Å². The minimum absolute atomic E-state index is 0.0226. The van der Waals surface area contributed by atoms with Crippen LogP contribution in [0.2, 0.25) is 0 Å². The minimum Gasteiger partial charge on any atom is -0.494 e. The highest BCUT2D eigenvalue weighted by atomic mass is 32.2. The van der Waals surface area contributed by atoms with Crippen molar-refractivity contribution in [3.8, 4) is 11.6 Å².